The van der Waals surface area contributed by atoms with E-state index in [4.69, 9.17) is 4.74 Å². The second-order valence-corrected chi connectivity index (χ2v) is 4.95. The fourth-order valence-corrected chi connectivity index (χ4v) is 2.02. The summed E-state index contributed by atoms with van der Waals surface area (Å²) in [4.78, 5) is 12.1. The predicted octanol–water partition coefficient (Wildman–Crippen LogP) is 3.55. The zero-order chi connectivity index (χ0) is 15.9. The highest BCUT2D eigenvalue weighted by Crippen LogP contribution is 2.13. The summed E-state index contributed by atoms with van der Waals surface area (Å²) in [6, 6.07) is 15.0. The van der Waals surface area contributed by atoms with Gasteiger partial charge in [-0.05, 0) is 55.3 Å². The minimum Gasteiger partial charge on any atom is -0.497 e. The van der Waals surface area contributed by atoms with Crippen molar-refractivity contribution in [3.8, 4) is 5.75 Å². The van der Waals surface area contributed by atoms with Crippen molar-refractivity contribution in [1.82, 2.24) is 5.43 Å². The van der Waals surface area contributed by atoms with Gasteiger partial charge >= 0.3 is 0 Å². The number of nitrogens with zero attached hydrogens (tertiary/aromatic N) is 1. The molecule has 0 fully saturated rings. The lowest BCUT2D eigenvalue weighted by atomic mass is 10.1. The number of nitrogens with one attached hydrogen (secondary N) is 1. The van der Waals surface area contributed by atoms with E-state index in [0.29, 0.717) is 5.56 Å². The zero-order valence-electron chi connectivity index (χ0n) is 13.1. The van der Waals surface area contributed by atoms with E-state index in [1.807, 2.05) is 50.2 Å². The van der Waals surface area contributed by atoms with Crippen molar-refractivity contribution in [2.24, 2.45) is 5.10 Å². The smallest absolute Gasteiger partial charge is 0.271 e. The molecule has 1 N–H and O–H groups in total. The third kappa shape index (κ3) is 3.95. The maximum atomic E-state index is 12.1. The Labute approximate surface area is 130 Å². The van der Waals surface area contributed by atoms with Crippen molar-refractivity contribution in [2.45, 2.75) is 20.3 Å². The molecule has 0 aliphatic rings. The predicted molar refractivity (Wildman–Crippen MR) is 88.5 cm³/mol. The lowest BCUT2D eigenvalue weighted by molar-refractivity contribution is 0.0955. The first-order valence-corrected chi connectivity index (χ1v) is 7.22. The van der Waals surface area contributed by atoms with Crippen molar-refractivity contribution in [3.63, 3.8) is 0 Å². The van der Waals surface area contributed by atoms with Gasteiger partial charge in [0.25, 0.3) is 5.91 Å². The van der Waals surface area contributed by atoms with Gasteiger partial charge in [-0.15, -0.1) is 0 Å². The molecule has 2 rings (SSSR count). The Kier molecular flexibility index (Phi) is 5.31. The molecule has 2 aromatic rings. The molecule has 0 unspecified atom stereocenters. The van der Waals surface area contributed by atoms with Gasteiger partial charge in [0.15, 0.2) is 0 Å². The third-order valence-corrected chi connectivity index (χ3v) is 3.36. The van der Waals surface area contributed by atoms with E-state index in [1.54, 1.807) is 19.2 Å². The summed E-state index contributed by atoms with van der Waals surface area (Å²) < 4.78 is 5.14. The molecule has 0 saturated carbocycles. The summed E-state index contributed by atoms with van der Waals surface area (Å²) in [5.41, 5.74) is 6.12. The van der Waals surface area contributed by atoms with Gasteiger partial charge in [-0.3, -0.25) is 4.79 Å². The Morgan fingerprint density at radius 1 is 1.05 bits per heavy atom. The van der Waals surface area contributed by atoms with E-state index < -0.39 is 0 Å². The number of rotatable bonds is 5. The van der Waals surface area contributed by atoms with Crippen molar-refractivity contribution < 1.29 is 9.53 Å². The average molecular weight is 296 g/mol. The fourth-order valence-electron chi connectivity index (χ4n) is 2.02. The molecule has 0 aliphatic carbocycles. The number of amides is 1. The Balaban J connectivity index is 2.11. The Morgan fingerprint density at radius 2 is 1.64 bits per heavy atom. The zero-order valence-corrected chi connectivity index (χ0v) is 13.1. The van der Waals surface area contributed by atoms with Crippen LogP contribution in [0.3, 0.4) is 0 Å². The van der Waals surface area contributed by atoms with Crippen LogP contribution in [-0.2, 0) is 0 Å². The van der Waals surface area contributed by atoms with Gasteiger partial charge < -0.3 is 4.74 Å². The Morgan fingerprint density at radius 3 is 2.18 bits per heavy atom. The molecule has 114 valence electrons. The fraction of sp³-hybridized carbons (Fsp3) is 0.222. The maximum Gasteiger partial charge on any atom is 0.271 e. The standard InChI is InChI=1S/C18H20N2O2/c1-4-17(14-9-11-16(22-3)12-10-14)19-20-18(21)15-7-5-13(2)6-8-15/h5-12H,4H2,1-3H3,(H,20,21)/b19-17+. The van der Waals surface area contributed by atoms with Crippen molar-refractivity contribution in [3.05, 3.63) is 65.2 Å². The van der Waals surface area contributed by atoms with Crippen LogP contribution in [0.1, 0.15) is 34.8 Å². The summed E-state index contributed by atoms with van der Waals surface area (Å²) in [6.45, 7) is 3.99. The molecule has 0 heterocycles. The first-order chi connectivity index (χ1) is 10.6. The number of methoxy groups -OCH3 is 1. The lowest BCUT2D eigenvalue weighted by Crippen LogP contribution is -2.19. The normalized spacial score (nSPS) is 11.1. The first kappa shape index (κ1) is 15.8. The maximum absolute atomic E-state index is 12.1. The SMILES string of the molecule is CC/C(=N\NC(=O)c1ccc(C)cc1)c1ccc(OC)cc1. The average Bonchev–Trinajstić information content (AvgIpc) is 2.56. The van der Waals surface area contributed by atoms with E-state index >= 15 is 0 Å². The molecule has 0 radical (unpaired) electrons. The largest absolute Gasteiger partial charge is 0.497 e. The summed E-state index contributed by atoms with van der Waals surface area (Å²) in [5, 5.41) is 4.24. The lowest BCUT2D eigenvalue weighted by Gasteiger charge is -2.07. The molecule has 2 aromatic carbocycles. The quantitative estimate of drug-likeness (QED) is 0.677. The molecule has 0 aliphatic heterocycles. The summed E-state index contributed by atoms with van der Waals surface area (Å²) >= 11 is 0. The van der Waals surface area contributed by atoms with Crippen LogP contribution >= 0.6 is 0 Å². The van der Waals surface area contributed by atoms with Crippen molar-refractivity contribution >= 4 is 11.6 Å². The van der Waals surface area contributed by atoms with E-state index in [9.17, 15) is 4.79 Å². The Hall–Kier alpha value is -2.62. The molecular weight excluding hydrogens is 276 g/mol. The molecule has 1 amide bonds. The minimum absolute atomic E-state index is 0.209. The highest BCUT2D eigenvalue weighted by Gasteiger charge is 2.06. The number of aryl methyl sites for hydroxylation is 1. The van der Waals surface area contributed by atoms with Crippen LogP contribution in [-0.4, -0.2) is 18.7 Å². The van der Waals surface area contributed by atoms with E-state index in [2.05, 4.69) is 10.5 Å². The summed E-state index contributed by atoms with van der Waals surface area (Å²) in [5.74, 6) is 0.586. The molecular formula is C18H20N2O2. The number of benzene rings is 2. The highest BCUT2D eigenvalue weighted by atomic mass is 16.5. The molecule has 22 heavy (non-hydrogen) atoms. The summed E-state index contributed by atoms with van der Waals surface area (Å²) in [6.07, 6.45) is 0.723. The van der Waals surface area contributed by atoms with Crippen molar-refractivity contribution in [1.29, 1.82) is 0 Å². The monoisotopic (exact) mass is 296 g/mol. The number of carbonyl (C=O) groups excluding carboxylic acids is 1. The second kappa shape index (κ2) is 7.41. The van der Waals surface area contributed by atoms with E-state index in [0.717, 1.165) is 29.0 Å². The third-order valence-electron chi connectivity index (χ3n) is 3.36. The van der Waals surface area contributed by atoms with Crippen LogP contribution in [0.25, 0.3) is 0 Å². The summed E-state index contributed by atoms with van der Waals surface area (Å²) in [7, 11) is 1.63. The number of hydrogen-bond donors (Lipinski definition) is 1. The van der Waals surface area contributed by atoms with E-state index in [-0.39, 0.29) is 5.91 Å². The van der Waals surface area contributed by atoms with Crippen LogP contribution in [0.4, 0.5) is 0 Å². The van der Waals surface area contributed by atoms with Gasteiger partial charge in [0, 0.05) is 5.56 Å². The van der Waals surface area contributed by atoms with Gasteiger partial charge in [-0.2, -0.15) is 5.10 Å². The van der Waals surface area contributed by atoms with Crippen LogP contribution in [0.2, 0.25) is 0 Å². The Bertz CT molecular complexity index is 658. The second-order valence-electron chi connectivity index (χ2n) is 4.95. The molecule has 0 bridgehead atoms. The first-order valence-electron chi connectivity index (χ1n) is 7.22. The van der Waals surface area contributed by atoms with Gasteiger partial charge in [-0.25, -0.2) is 5.43 Å². The van der Waals surface area contributed by atoms with Crippen LogP contribution < -0.4 is 10.2 Å². The molecule has 0 aromatic heterocycles. The molecule has 0 atom stereocenters. The molecule has 0 saturated heterocycles. The molecule has 4 heteroatoms. The van der Waals surface area contributed by atoms with Crippen molar-refractivity contribution in [2.75, 3.05) is 7.11 Å². The van der Waals surface area contributed by atoms with Gasteiger partial charge in [0.05, 0.1) is 12.8 Å². The minimum atomic E-state index is -0.209. The van der Waals surface area contributed by atoms with Crippen LogP contribution in [0.15, 0.2) is 53.6 Å². The van der Waals surface area contributed by atoms with Gasteiger partial charge in [0.1, 0.15) is 5.75 Å². The number of carbonyl (C=O) groups is 1. The number of hydrazone groups is 1. The van der Waals surface area contributed by atoms with E-state index in [1.165, 1.54) is 0 Å². The topological polar surface area (TPSA) is 50.7 Å². The molecule has 0 spiro atoms. The molecule has 4 nitrogen and oxygen atoms in total. The number of hydrogen-bond acceptors (Lipinski definition) is 3. The van der Waals surface area contributed by atoms with Gasteiger partial charge in [-0.1, -0.05) is 24.6 Å². The number of ether oxygens (including phenoxy) is 1. The highest BCUT2D eigenvalue weighted by molar-refractivity contribution is 6.02. The van der Waals surface area contributed by atoms with Crippen LogP contribution in [0, 0.1) is 6.92 Å². The van der Waals surface area contributed by atoms with Gasteiger partial charge in [0.2, 0.25) is 0 Å². The van der Waals surface area contributed by atoms with Crippen LogP contribution in [0.5, 0.6) is 5.75 Å².